The second-order valence-corrected chi connectivity index (χ2v) is 5.81. The highest BCUT2D eigenvalue weighted by molar-refractivity contribution is 5.87. The van der Waals surface area contributed by atoms with Crippen molar-refractivity contribution in [1.82, 2.24) is 5.32 Å². The van der Waals surface area contributed by atoms with Gasteiger partial charge >= 0.3 is 5.97 Å². The fraction of sp³-hybridized carbons (Fsp3) is 0.533. The van der Waals surface area contributed by atoms with Crippen LogP contribution >= 0.6 is 0 Å². The Balaban J connectivity index is 2.61. The van der Waals surface area contributed by atoms with Gasteiger partial charge in [-0.2, -0.15) is 0 Å². The number of carboxylic acids is 1. The molecule has 0 spiro atoms. The molecule has 0 radical (unpaired) electrons. The van der Waals surface area contributed by atoms with Crippen molar-refractivity contribution in [1.29, 1.82) is 0 Å². The van der Waals surface area contributed by atoms with Crippen molar-refractivity contribution < 1.29 is 15.0 Å². The molecule has 1 aromatic rings. The van der Waals surface area contributed by atoms with Crippen LogP contribution in [0.4, 0.5) is 0 Å². The smallest absolute Gasteiger partial charge is 0.335 e. The zero-order valence-electron chi connectivity index (χ0n) is 11.8. The van der Waals surface area contributed by atoms with Gasteiger partial charge in [0.2, 0.25) is 0 Å². The molecule has 1 rings (SSSR count). The number of aliphatic hydroxyl groups excluding tert-OH is 1. The lowest BCUT2D eigenvalue weighted by atomic mass is 9.85. The van der Waals surface area contributed by atoms with Crippen molar-refractivity contribution in [3.05, 3.63) is 35.4 Å². The Kier molecular flexibility index (Phi) is 5.51. The molecule has 1 atom stereocenters. The molecule has 106 valence electrons. The number of benzene rings is 1. The summed E-state index contributed by atoms with van der Waals surface area (Å²) in [4.78, 5) is 10.8. The molecule has 0 saturated carbocycles. The first-order chi connectivity index (χ1) is 8.84. The molecule has 19 heavy (non-hydrogen) atoms. The lowest BCUT2D eigenvalue weighted by Crippen LogP contribution is -2.40. The molecule has 1 unspecified atom stereocenters. The number of rotatable bonds is 6. The number of carboxylic acid groups (broad SMARTS) is 1. The number of carbonyl (C=O) groups is 1. The molecule has 0 bridgehead atoms. The van der Waals surface area contributed by atoms with E-state index in [1.54, 1.807) is 12.1 Å². The molecule has 0 aliphatic carbocycles. The van der Waals surface area contributed by atoms with Gasteiger partial charge in [-0.25, -0.2) is 4.79 Å². The summed E-state index contributed by atoms with van der Waals surface area (Å²) in [5.74, 6) is -0.910. The summed E-state index contributed by atoms with van der Waals surface area (Å²) in [5.41, 5.74) is 1.41. The zero-order chi connectivity index (χ0) is 14.5. The Morgan fingerprint density at radius 3 is 2.26 bits per heavy atom. The summed E-state index contributed by atoms with van der Waals surface area (Å²) >= 11 is 0. The van der Waals surface area contributed by atoms with Gasteiger partial charge in [-0.05, 0) is 29.5 Å². The van der Waals surface area contributed by atoms with Gasteiger partial charge in [0.15, 0.2) is 0 Å². The number of hydrogen-bond donors (Lipinski definition) is 3. The highest BCUT2D eigenvalue weighted by atomic mass is 16.4. The third-order valence-corrected chi connectivity index (χ3v) is 3.22. The molecular weight excluding hydrogens is 242 g/mol. The van der Waals surface area contributed by atoms with Crippen LogP contribution in [0.1, 0.15) is 43.1 Å². The van der Waals surface area contributed by atoms with Crippen LogP contribution < -0.4 is 5.32 Å². The van der Waals surface area contributed by atoms with E-state index in [9.17, 15) is 4.79 Å². The van der Waals surface area contributed by atoms with E-state index in [-0.39, 0.29) is 18.1 Å². The van der Waals surface area contributed by atoms with E-state index in [0.29, 0.717) is 18.5 Å². The Labute approximate surface area is 114 Å². The largest absolute Gasteiger partial charge is 0.478 e. The standard InChI is InChI=1S/C15H23NO3/c1-15(2,3)13(8-9-17)16-10-11-4-6-12(7-5-11)14(18)19/h4-7,13,16-17H,8-10H2,1-3H3,(H,18,19). The van der Waals surface area contributed by atoms with Crippen molar-refractivity contribution in [3.8, 4) is 0 Å². The van der Waals surface area contributed by atoms with Crippen molar-refractivity contribution in [2.24, 2.45) is 5.41 Å². The van der Waals surface area contributed by atoms with Crippen LogP contribution in [-0.2, 0) is 6.54 Å². The van der Waals surface area contributed by atoms with Crippen molar-refractivity contribution in [3.63, 3.8) is 0 Å². The lowest BCUT2D eigenvalue weighted by Gasteiger charge is -2.31. The van der Waals surface area contributed by atoms with E-state index >= 15 is 0 Å². The van der Waals surface area contributed by atoms with E-state index in [4.69, 9.17) is 10.2 Å². The average Bonchev–Trinajstić information content (AvgIpc) is 2.33. The van der Waals surface area contributed by atoms with E-state index < -0.39 is 5.97 Å². The average molecular weight is 265 g/mol. The zero-order valence-corrected chi connectivity index (χ0v) is 11.8. The van der Waals surface area contributed by atoms with Crippen LogP contribution in [-0.4, -0.2) is 28.8 Å². The second-order valence-electron chi connectivity index (χ2n) is 5.81. The SMILES string of the molecule is CC(C)(C)C(CCO)NCc1ccc(C(=O)O)cc1. The fourth-order valence-corrected chi connectivity index (χ4v) is 1.98. The van der Waals surface area contributed by atoms with Crippen LogP contribution in [0.5, 0.6) is 0 Å². The van der Waals surface area contributed by atoms with Crippen molar-refractivity contribution in [2.75, 3.05) is 6.61 Å². The van der Waals surface area contributed by atoms with Gasteiger partial charge in [-0.1, -0.05) is 32.9 Å². The predicted molar refractivity (Wildman–Crippen MR) is 75.2 cm³/mol. The Bertz CT molecular complexity index is 406. The first-order valence-corrected chi connectivity index (χ1v) is 6.51. The maximum absolute atomic E-state index is 10.8. The summed E-state index contributed by atoms with van der Waals surface area (Å²) in [6.45, 7) is 7.23. The normalized spacial score (nSPS) is 13.3. The maximum Gasteiger partial charge on any atom is 0.335 e. The van der Waals surface area contributed by atoms with E-state index in [0.717, 1.165) is 5.56 Å². The summed E-state index contributed by atoms with van der Waals surface area (Å²) < 4.78 is 0. The van der Waals surface area contributed by atoms with Crippen LogP contribution in [0.3, 0.4) is 0 Å². The lowest BCUT2D eigenvalue weighted by molar-refractivity contribution is 0.0697. The van der Waals surface area contributed by atoms with Gasteiger partial charge in [0.1, 0.15) is 0 Å². The minimum absolute atomic E-state index is 0.0731. The Morgan fingerprint density at radius 1 is 1.26 bits per heavy atom. The van der Waals surface area contributed by atoms with Crippen LogP contribution in [0.15, 0.2) is 24.3 Å². The molecule has 0 saturated heterocycles. The highest BCUT2D eigenvalue weighted by Gasteiger charge is 2.23. The predicted octanol–water partition coefficient (Wildman–Crippen LogP) is 2.27. The van der Waals surface area contributed by atoms with Gasteiger partial charge in [-0.15, -0.1) is 0 Å². The first kappa shape index (κ1) is 15.7. The quantitative estimate of drug-likeness (QED) is 0.738. The van der Waals surface area contributed by atoms with Crippen molar-refractivity contribution >= 4 is 5.97 Å². The van der Waals surface area contributed by atoms with Crippen molar-refractivity contribution in [2.45, 2.75) is 39.8 Å². The molecule has 0 aliphatic rings. The summed E-state index contributed by atoms with van der Waals surface area (Å²) in [6.07, 6.45) is 0.705. The number of hydrogen-bond acceptors (Lipinski definition) is 3. The maximum atomic E-state index is 10.8. The summed E-state index contributed by atoms with van der Waals surface area (Å²) in [7, 11) is 0. The molecule has 0 fully saturated rings. The molecule has 1 aromatic carbocycles. The third kappa shape index (κ3) is 5.01. The molecule has 0 aromatic heterocycles. The third-order valence-electron chi connectivity index (χ3n) is 3.22. The fourth-order valence-electron chi connectivity index (χ4n) is 1.98. The minimum Gasteiger partial charge on any atom is -0.478 e. The van der Waals surface area contributed by atoms with Crippen LogP contribution in [0, 0.1) is 5.41 Å². The molecule has 0 heterocycles. The number of aromatic carboxylic acids is 1. The number of aliphatic hydroxyl groups is 1. The topological polar surface area (TPSA) is 69.6 Å². The van der Waals surface area contributed by atoms with Gasteiger partial charge in [0.25, 0.3) is 0 Å². The Morgan fingerprint density at radius 2 is 1.84 bits per heavy atom. The highest BCUT2D eigenvalue weighted by Crippen LogP contribution is 2.22. The van der Waals surface area contributed by atoms with Crippen LogP contribution in [0.2, 0.25) is 0 Å². The van der Waals surface area contributed by atoms with Crippen LogP contribution in [0.25, 0.3) is 0 Å². The van der Waals surface area contributed by atoms with Gasteiger partial charge < -0.3 is 15.5 Å². The van der Waals surface area contributed by atoms with E-state index in [1.807, 2.05) is 12.1 Å². The first-order valence-electron chi connectivity index (χ1n) is 6.51. The van der Waals surface area contributed by atoms with Gasteiger partial charge in [-0.3, -0.25) is 0 Å². The molecule has 4 nitrogen and oxygen atoms in total. The second kappa shape index (κ2) is 6.68. The summed E-state index contributed by atoms with van der Waals surface area (Å²) in [5, 5.41) is 21.3. The molecule has 4 heteroatoms. The Hall–Kier alpha value is -1.39. The monoisotopic (exact) mass is 265 g/mol. The number of nitrogens with one attached hydrogen (secondary N) is 1. The van der Waals surface area contributed by atoms with Gasteiger partial charge in [0, 0.05) is 19.2 Å². The molecule has 3 N–H and O–H groups in total. The van der Waals surface area contributed by atoms with E-state index in [2.05, 4.69) is 26.1 Å². The van der Waals surface area contributed by atoms with E-state index in [1.165, 1.54) is 0 Å². The molecule has 0 aliphatic heterocycles. The molecular formula is C15H23NO3. The van der Waals surface area contributed by atoms with Gasteiger partial charge in [0.05, 0.1) is 5.56 Å². The summed E-state index contributed by atoms with van der Waals surface area (Å²) in [6, 6.07) is 7.07. The molecule has 0 amide bonds. The minimum atomic E-state index is -0.910.